The van der Waals surface area contributed by atoms with Crippen molar-refractivity contribution in [2.75, 3.05) is 19.6 Å². The van der Waals surface area contributed by atoms with Gasteiger partial charge in [0.15, 0.2) is 0 Å². The van der Waals surface area contributed by atoms with E-state index in [0.29, 0.717) is 5.92 Å². The lowest BCUT2D eigenvalue weighted by molar-refractivity contribution is 0.295. The standard InChI is InChI=1S/C20H27N/c1-3-21(4-2)17-11-16-20(18-12-7-5-8-13-18)19-14-9-6-10-15-19/h5-10,12-15,20H,3-4,11,16-17H2,1-2H3. The van der Waals surface area contributed by atoms with E-state index in [0.717, 1.165) is 13.1 Å². The highest BCUT2D eigenvalue weighted by Crippen LogP contribution is 2.29. The summed E-state index contributed by atoms with van der Waals surface area (Å²) in [5.41, 5.74) is 2.87. The van der Waals surface area contributed by atoms with Crippen LogP contribution in [0.5, 0.6) is 0 Å². The Balaban J connectivity index is 2.07. The molecule has 0 saturated carbocycles. The summed E-state index contributed by atoms with van der Waals surface area (Å²) in [5.74, 6) is 0.517. The van der Waals surface area contributed by atoms with Gasteiger partial charge in [-0.1, -0.05) is 74.5 Å². The van der Waals surface area contributed by atoms with E-state index in [1.807, 2.05) is 0 Å². The van der Waals surface area contributed by atoms with Crippen LogP contribution in [-0.2, 0) is 0 Å². The van der Waals surface area contributed by atoms with Crippen molar-refractivity contribution in [2.45, 2.75) is 32.6 Å². The van der Waals surface area contributed by atoms with Gasteiger partial charge < -0.3 is 4.90 Å². The fourth-order valence-corrected chi connectivity index (χ4v) is 2.96. The van der Waals surface area contributed by atoms with Gasteiger partial charge in [0.1, 0.15) is 0 Å². The van der Waals surface area contributed by atoms with Crippen molar-refractivity contribution in [3.63, 3.8) is 0 Å². The molecule has 2 aromatic rings. The molecule has 0 bridgehead atoms. The molecule has 1 nitrogen and oxygen atoms in total. The van der Waals surface area contributed by atoms with E-state index in [9.17, 15) is 0 Å². The van der Waals surface area contributed by atoms with Crippen molar-refractivity contribution >= 4 is 0 Å². The molecule has 0 aliphatic rings. The van der Waals surface area contributed by atoms with Gasteiger partial charge >= 0.3 is 0 Å². The topological polar surface area (TPSA) is 3.24 Å². The molecule has 0 unspecified atom stereocenters. The fraction of sp³-hybridized carbons (Fsp3) is 0.400. The Morgan fingerprint density at radius 3 is 1.67 bits per heavy atom. The number of hydrogen-bond donors (Lipinski definition) is 0. The summed E-state index contributed by atoms with van der Waals surface area (Å²) < 4.78 is 0. The summed E-state index contributed by atoms with van der Waals surface area (Å²) in [6, 6.07) is 21.8. The van der Waals surface area contributed by atoms with E-state index in [4.69, 9.17) is 0 Å². The molecule has 0 N–H and O–H groups in total. The van der Waals surface area contributed by atoms with Crippen LogP contribution in [0.3, 0.4) is 0 Å². The maximum Gasteiger partial charge on any atom is 0.00898 e. The second-order valence-electron chi connectivity index (χ2n) is 5.54. The van der Waals surface area contributed by atoms with Crippen LogP contribution in [0.25, 0.3) is 0 Å². The molecule has 21 heavy (non-hydrogen) atoms. The minimum Gasteiger partial charge on any atom is -0.304 e. The van der Waals surface area contributed by atoms with Crippen LogP contribution in [0.4, 0.5) is 0 Å². The quantitative estimate of drug-likeness (QED) is 0.662. The van der Waals surface area contributed by atoms with Crippen LogP contribution < -0.4 is 0 Å². The molecule has 0 heterocycles. The smallest absolute Gasteiger partial charge is 0.00898 e. The molecular formula is C20H27N. The van der Waals surface area contributed by atoms with Gasteiger partial charge in [-0.25, -0.2) is 0 Å². The maximum absolute atomic E-state index is 2.51. The van der Waals surface area contributed by atoms with E-state index in [2.05, 4.69) is 79.4 Å². The van der Waals surface area contributed by atoms with Crippen molar-refractivity contribution < 1.29 is 0 Å². The van der Waals surface area contributed by atoms with Gasteiger partial charge in [-0.3, -0.25) is 0 Å². The molecule has 0 saturated heterocycles. The zero-order valence-electron chi connectivity index (χ0n) is 13.3. The third-order valence-corrected chi connectivity index (χ3v) is 4.27. The van der Waals surface area contributed by atoms with Gasteiger partial charge in [0.05, 0.1) is 0 Å². The van der Waals surface area contributed by atoms with Crippen LogP contribution in [-0.4, -0.2) is 24.5 Å². The van der Waals surface area contributed by atoms with Crippen LogP contribution in [0.2, 0.25) is 0 Å². The van der Waals surface area contributed by atoms with Crippen molar-refractivity contribution in [1.82, 2.24) is 4.90 Å². The zero-order chi connectivity index (χ0) is 14.9. The van der Waals surface area contributed by atoms with Crippen molar-refractivity contribution in [1.29, 1.82) is 0 Å². The molecule has 0 fully saturated rings. The highest BCUT2D eigenvalue weighted by atomic mass is 15.1. The molecule has 2 rings (SSSR count). The molecule has 0 atom stereocenters. The molecule has 112 valence electrons. The van der Waals surface area contributed by atoms with Gasteiger partial charge in [-0.05, 0) is 43.6 Å². The largest absolute Gasteiger partial charge is 0.304 e. The normalized spacial score (nSPS) is 11.2. The Bertz CT molecular complexity index is 448. The SMILES string of the molecule is CCN(CC)CCCC(c1ccccc1)c1ccccc1. The monoisotopic (exact) mass is 281 g/mol. The predicted molar refractivity (Wildman–Crippen MR) is 91.7 cm³/mol. The average Bonchev–Trinajstić information content (AvgIpc) is 2.57. The van der Waals surface area contributed by atoms with Crippen molar-refractivity contribution in [3.8, 4) is 0 Å². The Morgan fingerprint density at radius 1 is 0.762 bits per heavy atom. The highest BCUT2D eigenvalue weighted by Gasteiger charge is 2.13. The van der Waals surface area contributed by atoms with Gasteiger partial charge in [-0.2, -0.15) is 0 Å². The van der Waals surface area contributed by atoms with Gasteiger partial charge in [-0.15, -0.1) is 0 Å². The van der Waals surface area contributed by atoms with Crippen LogP contribution in [0, 0.1) is 0 Å². The fourth-order valence-electron chi connectivity index (χ4n) is 2.96. The second kappa shape index (κ2) is 8.63. The van der Waals surface area contributed by atoms with E-state index in [-0.39, 0.29) is 0 Å². The first-order valence-corrected chi connectivity index (χ1v) is 8.17. The van der Waals surface area contributed by atoms with E-state index >= 15 is 0 Å². The summed E-state index contributed by atoms with van der Waals surface area (Å²) in [7, 11) is 0. The second-order valence-corrected chi connectivity index (χ2v) is 5.54. The van der Waals surface area contributed by atoms with Gasteiger partial charge in [0, 0.05) is 5.92 Å². The summed E-state index contributed by atoms with van der Waals surface area (Å²) >= 11 is 0. The lowest BCUT2D eigenvalue weighted by atomic mass is 9.87. The number of nitrogens with zero attached hydrogens (tertiary/aromatic N) is 1. The predicted octanol–water partition coefficient (Wildman–Crippen LogP) is 4.94. The maximum atomic E-state index is 2.51. The van der Waals surface area contributed by atoms with Crippen LogP contribution in [0.15, 0.2) is 60.7 Å². The molecule has 1 heteroatoms. The number of rotatable bonds is 8. The Labute approximate surface area is 129 Å². The van der Waals surface area contributed by atoms with E-state index < -0.39 is 0 Å². The van der Waals surface area contributed by atoms with Gasteiger partial charge in [0.25, 0.3) is 0 Å². The third-order valence-electron chi connectivity index (χ3n) is 4.27. The molecule has 2 aromatic carbocycles. The summed E-state index contributed by atoms with van der Waals surface area (Å²) in [6.45, 7) is 7.99. The molecular weight excluding hydrogens is 254 g/mol. The molecule has 0 aliphatic heterocycles. The number of hydrogen-bond acceptors (Lipinski definition) is 1. The Hall–Kier alpha value is -1.60. The third kappa shape index (κ3) is 4.71. The lowest BCUT2D eigenvalue weighted by Gasteiger charge is -2.22. The van der Waals surface area contributed by atoms with Crippen molar-refractivity contribution in [3.05, 3.63) is 71.8 Å². The molecule has 0 aliphatic carbocycles. The molecule has 0 amide bonds. The molecule has 0 spiro atoms. The first kappa shape index (κ1) is 15.8. The molecule has 0 aromatic heterocycles. The Kier molecular flexibility index (Phi) is 6.49. The average molecular weight is 281 g/mol. The van der Waals surface area contributed by atoms with Crippen LogP contribution in [0.1, 0.15) is 43.7 Å². The minimum absolute atomic E-state index is 0.517. The van der Waals surface area contributed by atoms with Gasteiger partial charge in [0.2, 0.25) is 0 Å². The molecule has 0 radical (unpaired) electrons. The first-order chi connectivity index (χ1) is 10.3. The minimum atomic E-state index is 0.517. The summed E-state index contributed by atoms with van der Waals surface area (Å²) in [5, 5.41) is 0. The zero-order valence-corrected chi connectivity index (χ0v) is 13.3. The Morgan fingerprint density at radius 2 is 1.24 bits per heavy atom. The summed E-state index contributed by atoms with van der Waals surface area (Å²) in [4.78, 5) is 2.51. The highest BCUT2D eigenvalue weighted by molar-refractivity contribution is 5.32. The number of benzene rings is 2. The lowest BCUT2D eigenvalue weighted by Crippen LogP contribution is -2.24. The van der Waals surface area contributed by atoms with E-state index in [1.54, 1.807) is 0 Å². The first-order valence-electron chi connectivity index (χ1n) is 8.17. The van der Waals surface area contributed by atoms with E-state index in [1.165, 1.54) is 30.5 Å². The van der Waals surface area contributed by atoms with Crippen molar-refractivity contribution in [2.24, 2.45) is 0 Å². The van der Waals surface area contributed by atoms with Crippen LogP contribution >= 0.6 is 0 Å². The summed E-state index contributed by atoms with van der Waals surface area (Å²) in [6.07, 6.45) is 2.46.